The van der Waals surface area contributed by atoms with E-state index in [4.69, 9.17) is 11.6 Å². The Morgan fingerprint density at radius 3 is 2.72 bits per heavy atom. The van der Waals surface area contributed by atoms with Crippen molar-refractivity contribution >= 4 is 39.7 Å². The number of fused-ring (bicyclic) bond motifs is 1. The molecule has 124 valence electrons. The van der Waals surface area contributed by atoms with Crippen molar-refractivity contribution in [3.05, 3.63) is 81.8 Å². The molecule has 0 amide bonds. The monoisotopic (exact) mass is 367 g/mol. The molecule has 0 aliphatic carbocycles. The van der Waals surface area contributed by atoms with Crippen molar-refractivity contribution in [2.75, 3.05) is 5.32 Å². The fourth-order valence-electron chi connectivity index (χ4n) is 2.80. The van der Waals surface area contributed by atoms with Crippen LogP contribution in [-0.4, -0.2) is 15.1 Å². The van der Waals surface area contributed by atoms with E-state index < -0.39 is 0 Å². The molecule has 1 unspecified atom stereocenters. The van der Waals surface area contributed by atoms with Gasteiger partial charge in [0, 0.05) is 23.3 Å². The number of thiophene rings is 1. The number of phenols is 1. The van der Waals surface area contributed by atoms with Crippen molar-refractivity contribution in [1.82, 2.24) is 9.97 Å². The lowest BCUT2D eigenvalue weighted by Gasteiger charge is -2.21. The first-order chi connectivity index (χ1) is 12.2. The molecular formula is C19H14ClN3OS. The highest BCUT2D eigenvalue weighted by Crippen LogP contribution is 2.39. The molecule has 25 heavy (non-hydrogen) atoms. The molecule has 0 bridgehead atoms. The van der Waals surface area contributed by atoms with Gasteiger partial charge in [0.25, 0.3) is 0 Å². The van der Waals surface area contributed by atoms with E-state index >= 15 is 0 Å². The number of nitrogens with one attached hydrogen (secondary N) is 1. The number of aromatic hydroxyl groups is 1. The number of anilines is 1. The second-order valence-corrected chi connectivity index (χ2v) is 6.73. The summed E-state index contributed by atoms with van der Waals surface area (Å²) in [5, 5.41) is 19.5. The Morgan fingerprint density at radius 2 is 1.96 bits per heavy atom. The first-order valence-corrected chi connectivity index (χ1v) is 9.02. The van der Waals surface area contributed by atoms with Gasteiger partial charge >= 0.3 is 0 Å². The zero-order valence-electron chi connectivity index (χ0n) is 13.1. The molecule has 1 atom stereocenters. The van der Waals surface area contributed by atoms with E-state index in [9.17, 15) is 5.11 Å². The molecule has 6 heteroatoms. The molecule has 4 nitrogen and oxygen atoms in total. The van der Waals surface area contributed by atoms with Crippen LogP contribution in [0.4, 0.5) is 5.82 Å². The minimum atomic E-state index is -0.287. The summed E-state index contributed by atoms with van der Waals surface area (Å²) >= 11 is 8.05. The maximum Gasteiger partial charge on any atom is 0.147 e. The first-order valence-electron chi connectivity index (χ1n) is 7.70. The van der Waals surface area contributed by atoms with E-state index in [1.165, 1.54) is 0 Å². The van der Waals surface area contributed by atoms with Crippen LogP contribution in [-0.2, 0) is 0 Å². The zero-order valence-corrected chi connectivity index (χ0v) is 14.6. The number of rotatable bonds is 4. The molecule has 0 fully saturated rings. The summed E-state index contributed by atoms with van der Waals surface area (Å²) in [6, 6.07) is 12.8. The molecule has 4 aromatic rings. The summed E-state index contributed by atoms with van der Waals surface area (Å²) in [6.07, 6.45) is 3.37. The topological polar surface area (TPSA) is 58.0 Å². The number of pyridine rings is 2. The highest BCUT2D eigenvalue weighted by Gasteiger charge is 2.22. The Kier molecular flexibility index (Phi) is 4.26. The Labute approximate surface area is 153 Å². The van der Waals surface area contributed by atoms with Crippen molar-refractivity contribution in [3.63, 3.8) is 0 Å². The molecule has 0 saturated carbocycles. The van der Waals surface area contributed by atoms with Crippen LogP contribution in [0.1, 0.15) is 17.2 Å². The summed E-state index contributed by atoms with van der Waals surface area (Å²) < 4.78 is 0. The lowest BCUT2D eigenvalue weighted by molar-refractivity contribution is 0.472. The van der Waals surface area contributed by atoms with Gasteiger partial charge in [0.15, 0.2) is 0 Å². The molecule has 2 N–H and O–H groups in total. The predicted octanol–water partition coefficient (Wildman–Crippen LogP) is 5.25. The number of halogens is 1. The van der Waals surface area contributed by atoms with Crippen LogP contribution in [0.25, 0.3) is 10.9 Å². The Balaban J connectivity index is 1.88. The van der Waals surface area contributed by atoms with E-state index in [1.54, 1.807) is 35.9 Å². The summed E-state index contributed by atoms with van der Waals surface area (Å²) in [5.74, 6) is 0.843. The minimum absolute atomic E-state index is 0.125. The van der Waals surface area contributed by atoms with E-state index in [2.05, 4.69) is 15.3 Å². The summed E-state index contributed by atoms with van der Waals surface area (Å²) in [4.78, 5) is 8.63. The minimum Gasteiger partial charge on any atom is -0.505 e. The smallest absolute Gasteiger partial charge is 0.147 e. The first kappa shape index (κ1) is 15.9. The van der Waals surface area contributed by atoms with Crippen molar-refractivity contribution < 1.29 is 5.11 Å². The molecule has 3 heterocycles. The largest absolute Gasteiger partial charge is 0.505 e. The lowest BCUT2D eigenvalue weighted by atomic mass is 9.98. The number of benzene rings is 1. The van der Waals surface area contributed by atoms with Crippen molar-refractivity contribution in [1.29, 1.82) is 0 Å². The normalized spacial score (nSPS) is 12.2. The number of aromatic nitrogens is 2. The van der Waals surface area contributed by atoms with Gasteiger partial charge in [-0.3, -0.25) is 4.98 Å². The molecule has 0 spiro atoms. The number of phenolic OH excluding ortho intramolecular Hbond substituents is 1. The van der Waals surface area contributed by atoms with Crippen molar-refractivity contribution in [2.45, 2.75) is 6.04 Å². The number of nitrogens with zero attached hydrogens (tertiary/aromatic N) is 2. The summed E-state index contributed by atoms with van der Waals surface area (Å²) in [7, 11) is 0. The van der Waals surface area contributed by atoms with Gasteiger partial charge in [-0.15, -0.1) is 0 Å². The molecule has 1 aromatic carbocycles. The zero-order chi connectivity index (χ0) is 17.2. The van der Waals surface area contributed by atoms with Gasteiger partial charge < -0.3 is 10.4 Å². The standard InChI is InChI=1S/C19H14ClN3OS/c20-15-10-14(19(24)18-13(15)4-3-8-22-18)17(12-6-9-25-11-12)23-16-5-1-2-7-21-16/h1-11,17,24H,(H,21,23). The fourth-order valence-corrected chi connectivity index (χ4v) is 3.76. The Hall–Kier alpha value is -2.63. The van der Waals surface area contributed by atoms with Crippen molar-refractivity contribution in [3.8, 4) is 5.75 Å². The molecule has 4 rings (SSSR count). The van der Waals surface area contributed by atoms with Gasteiger partial charge in [-0.1, -0.05) is 17.7 Å². The maximum absolute atomic E-state index is 10.8. The summed E-state index contributed by atoms with van der Waals surface area (Å²) in [6.45, 7) is 0. The second-order valence-electron chi connectivity index (χ2n) is 5.54. The van der Waals surface area contributed by atoms with Gasteiger partial charge in [-0.05, 0) is 52.7 Å². The highest BCUT2D eigenvalue weighted by atomic mass is 35.5. The van der Waals surface area contributed by atoms with E-state index in [-0.39, 0.29) is 11.8 Å². The van der Waals surface area contributed by atoms with Gasteiger partial charge in [0.1, 0.15) is 17.1 Å². The van der Waals surface area contributed by atoms with Gasteiger partial charge in [-0.2, -0.15) is 11.3 Å². The Morgan fingerprint density at radius 1 is 1.08 bits per heavy atom. The molecule has 0 aliphatic heterocycles. The number of hydrogen-bond donors (Lipinski definition) is 2. The van der Waals surface area contributed by atoms with Gasteiger partial charge in [0.2, 0.25) is 0 Å². The average Bonchev–Trinajstić information content (AvgIpc) is 3.18. The molecule has 0 aliphatic rings. The van der Waals surface area contributed by atoms with Crippen LogP contribution in [0.5, 0.6) is 5.75 Å². The fraction of sp³-hybridized carbons (Fsp3) is 0.0526. The SMILES string of the molecule is Oc1c(C(Nc2ccccn2)c2ccsc2)cc(Cl)c2cccnc12. The van der Waals surface area contributed by atoms with E-state index in [0.29, 0.717) is 16.1 Å². The van der Waals surface area contributed by atoms with Gasteiger partial charge in [0.05, 0.1) is 11.1 Å². The third-order valence-electron chi connectivity index (χ3n) is 3.99. The second kappa shape index (κ2) is 6.70. The van der Waals surface area contributed by atoms with Crippen LogP contribution < -0.4 is 5.32 Å². The molecular weight excluding hydrogens is 354 g/mol. The maximum atomic E-state index is 10.8. The Bertz CT molecular complexity index is 1010. The average molecular weight is 368 g/mol. The van der Waals surface area contributed by atoms with E-state index in [1.807, 2.05) is 41.1 Å². The highest BCUT2D eigenvalue weighted by molar-refractivity contribution is 7.08. The van der Waals surface area contributed by atoms with Crippen LogP contribution in [0.15, 0.2) is 65.6 Å². The summed E-state index contributed by atoms with van der Waals surface area (Å²) in [5.41, 5.74) is 2.19. The molecule has 3 aromatic heterocycles. The van der Waals surface area contributed by atoms with Crippen LogP contribution in [0.3, 0.4) is 0 Å². The van der Waals surface area contributed by atoms with Crippen LogP contribution in [0, 0.1) is 0 Å². The van der Waals surface area contributed by atoms with Gasteiger partial charge in [-0.25, -0.2) is 4.98 Å². The predicted molar refractivity (Wildman–Crippen MR) is 102 cm³/mol. The van der Waals surface area contributed by atoms with E-state index in [0.717, 1.165) is 16.8 Å². The molecule has 0 saturated heterocycles. The third kappa shape index (κ3) is 3.04. The number of hydrogen-bond acceptors (Lipinski definition) is 5. The van der Waals surface area contributed by atoms with Crippen LogP contribution in [0.2, 0.25) is 5.02 Å². The third-order valence-corrected chi connectivity index (χ3v) is 5.00. The lowest BCUT2D eigenvalue weighted by Crippen LogP contribution is -2.13. The molecule has 0 radical (unpaired) electrons. The van der Waals surface area contributed by atoms with Crippen molar-refractivity contribution in [2.24, 2.45) is 0 Å². The quantitative estimate of drug-likeness (QED) is 0.517. The van der Waals surface area contributed by atoms with Crippen LogP contribution >= 0.6 is 22.9 Å².